The maximum absolute atomic E-state index is 11.6. The third kappa shape index (κ3) is 6.36. The van der Waals surface area contributed by atoms with Crippen molar-refractivity contribution < 1.29 is 9.53 Å². The van der Waals surface area contributed by atoms with E-state index in [0.29, 0.717) is 25.7 Å². The van der Waals surface area contributed by atoms with Crippen LogP contribution in [0.2, 0.25) is 0 Å². The number of ether oxygens (including phenoxy) is 1. The van der Waals surface area contributed by atoms with Gasteiger partial charge in [-0.2, -0.15) is 0 Å². The van der Waals surface area contributed by atoms with Crippen LogP contribution in [0.25, 0.3) is 0 Å². The summed E-state index contributed by atoms with van der Waals surface area (Å²) in [6.45, 7) is 4.04. The molecule has 0 aromatic carbocycles. The zero-order valence-electron chi connectivity index (χ0n) is 11.8. The van der Waals surface area contributed by atoms with Crippen molar-refractivity contribution in [1.82, 2.24) is 10.6 Å². The summed E-state index contributed by atoms with van der Waals surface area (Å²) < 4.78 is 4.93. The van der Waals surface area contributed by atoms with Crippen molar-refractivity contribution in [2.24, 2.45) is 5.92 Å². The van der Waals surface area contributed by atoms with Crippen molar-refractivity contribution in [3.63, 3.8) is 0 Å². The Morgan fingerprint density at radius 1 is 1.33 bits per heavy atom. The number of carbonyl (C=O) groups excluding carboxylic acids is 1. The number of nitrogens with one attached hydrogen (secondary N) is 2. The van der Waals surface area contributed by atoms with Crippen LogP contribution in [-0.4, -0.2) is 38.8 Å². The Morgan fingerprint density at radius 3 is 2.72 bits per heavy atom. The highest BCUT2D eigenvalue weighted by atomic mass is 16.5. The van der Waals surface area contributed by atoms with E-state index in [1.165, 1.54) is 32.1 Å². The zero-order valence-corrected chi connectivity index (χ0v) is 11.8. The van der Waals surface area contributed by atoms with E-state index in [-0.39, 0.29) is 5.91 Å². The predicted octanol–water partition coefficient (Wildman–Crippen LogP) is 1.70. The molecule has 1 saturated carbocycles. The van der Waals surface area contributed by atoms with Crippen molar-refractivity contribution in [2.45, 2.75) is 51.5 Å². The van der Waals surface area contributed by atoms with E-state index >= 15 is 0 Å². The minimum Gasteiger partial charge on any atom is -0.385 e. The normalized spacial score (nSPS) is 18.6. The Balaban J connectivity index is 2.05. The first kappa shape index (κ1) is 15.4. The lowest BCUT2D eigenvalue weighted by Crippen LogP contribution is -2.42. The molecule has 4 heteroatoms. The van der Waals surface area contributed by atoms with Gasteiger partial charge in [0.05, 0.1) is 6.54 Å². The maximum atomic E-state index is 11.6. The van der Waals surface area contributed by atoms with E-state index < -0.39 is 0 Å². The molecule has 0 radical (unpaired) electrons. The maximum Gasteiger partial charge on any atom is 0.233 e. The van der Waals surface area contributed by atoms with Crippen molar-refractivity contribution in [2.75, 3.05) is 26.8 Å². The van der Waals surface area contributed by atoms with Gasteiger partial charge >= 0.3 is 0 Å². The second kappa shape index (κ2) is 9.34. The average Bonchev–Trinajstić information content (AvgIpc) is 2.42. The second-order valence-electron chi connectivity index (χ2n) is 5.26. The highest BCUT2D eigenvalue weighted by Gasteiger charge is 2.19. The van der Waals surface area contributed by atoms with E-state index in [9.17, 15) is 4.79 Å². The number of hydrogen-bond donors (Lipinski definition) is 2. The van der Waals surface area contributed by atoms with E-state index in [4.69, 9.17) is 4.74 Å². The average molecular weight is 256 g/mol. The van der Waals surface area contributed by atoms with Crippen molar-refractivity contribution in [3.05, 3.63) is 0 Å². The molecule has 1 amide bonds. The molecule has 0 heterocycles. The molecule has 106 valence electrons. The lowest BCUT2D eigenvalue weighted by molar-refractivity contribution is -0.120. The molecule has 1 aliphatic carbocycles. The van der Waals surface area contributed by atoms with Gasteiger partial charge in [-0.25, -0.2) is 0 Å². The molecule has 1 rings (SSSR count). The number of rotatable bonds is 8. The summed E-state index contributed by atoms with van der Waals surface area (Å²) in [7, 11) is 1.68. The van der Waals surface area contributed by atoms with Gasteiger partial charge in [0.25, 0.3) is 0 Å². The fourth-order valence-electron chi connectivity index (χ4n) is 2.56. The minimum absolute atomic E-state index is 0.0914. The topological polar surface area (TPSA) is 50.4 Å². The van der Waals surface area contributed by atoms with Crippen molar-refractivity contribution >= 4 is 5.91 Å². The van der Waals surface area contributed by atoms with Crippen LogP contribution in [0.1, 0.15) is 45.4 Å². The molecule has 1 fully saturated rings. The quantitative estimate of drug-likeness (QED) is 0.650. The zero-order chi connectivity index (χ0) is 13.2. The summed E-state index contributed by atoms with van der Waals surface area (Å²) in [6.07, 6.45) is 7.57. The van der Waals surface area contributed by atoms with Crippen LogP contribution in [0.5, 0.6) is 0 Å². The molecule has 0 spiro atoms. The van der Waals surface area contributed by atoms with Crippen LogP contribution >= 0.6 is 0 Å². The first-order valence-corrected chi connectivity index (χ1v) is 7.23. The summed E-state index contributed by atoms with van der Waals surface area (Å²) in [5, 5.41) is 6.24. The SMILES string of the molecule is COCCCNC(=O)CN[C@H](C)C1CCCCC1. The monoisotopic (exact) mass is 256 g/mol. The Hall–Kier alpha value is -0.610. The number of hydrogen-bond acceptors (Lipinski definition) is 3. The van der Waals surface area contributed by atoms with E-state index in [1.54, 1.807) is 7.11 Å². The lowest BCUT2D eigenvalue weighted by atomic mass is 9.84. The Morgan fingerprint density at radius 2 is 2.06 bits per heavy atom. The van der Waals surface area contributed by atoms with Gasteiger partial charge in [0, 0.05) is 26.3 Å². The molecule has 0 saturated heterocycles. The van der Waals surface area contributed by atoms with Gasteiger partial charge in [-0.1, -0.05) is 19.3 Å². The third-order valence-electron chi connectivity index (χ3n) is 3.79. The fraction of sp³-hybridized carbons (Fsp3) is 0.929. The summed E-state index contributed by atoms with van der Waals surface area (Å²) in [6, 6.07) is 0.454. The van der Waals surface area contributed by atoms with Crippen LogP contribution in [-0.2, 0) is 9.53 Å². The Kier molecular flexibility index (Phi) is 8.01. The Labute approximate surface area is 111 Å². The van der Waals surface area contributed by atoms with E-state index in [2.05, 4.69) is 17.6 Å². The first-order chi connectivity index (χ1) is 8.74. The van der Waals surface area contributed by atoms with E-state index in [1.807, 2.05) is 0 Å². The molecule has 1 atom stereocenters. The van der Waals surface area contributed by atoms with Gasteiger partial charge in [-0.05, 0) is 32.1 Å². The van der Waals surface area contributed by atoms with Gasteiger partial charge in [0.1, 0.15) is 0 Å². The van der Waals surface area contributed by atoms with Crippen LogP contribution in [0, 0.1) is 5.92 Å². The molecule has 0 aliphatic heterocycles. The van der Waals surface area contributed by atoms with Gasteiger partial charge in [-0.15, -0.1) is 0 Å². The van der Waals surface area contributed by atoms with Crippen molar-refractivity contribution in [1.29, 1.82) is 0 Å². The molecular weight excluding hydrogens is 228 g/mol. The fourth-order valence-corrected chi connectivity index (χ4v) is 2.56. The van der Waals surface area contributed by atoms with Gasteiger partial charge in [0.15, 0.2) is 0 Å². The number of methoxy groups -OCH3 is 1. The summed E-state index contributed by atoms with van der Waals surface area (Å²) in [5.41, 5.74) is 0. The summed E-state index contributed by atoms with van der Waals surface area (Å²) in [4.78, 5) is 11.6. The Bertz CT molecular complexity index is 228. The van der Waals surface area contributed by atoms with Crippen LogP contribution in [0.3, 0.4) is 0 Å². The second-order valence-corrected chi connectivity index (χ2v) is 5.26. The predicted molar refractivity (Wildman–Crippen MR) is 73.5 cm³/mol. The molecule has 0 bridgehead atoms. The van der Waals surface area contributed by atoms with Crippen LogP contribution in [0.4, 0.5) is 0 Å². The first-order valence-electron chi connectivity index (χ1n) is 7.23. The molecule has 4 nitrogen and oxygen atoms in total. The van der Waals surface area contributed by atoms with E-state index in [0.717, 1.165) is 12.3 Å². The standard InChI is InChI=1S/C14H28N2O2/c1-12(13-7-4-3-5-8-13)16-11-14(17)15-9-6-10-18-2/h12-13,16H,3-11H2,1-2H3,(H,15,17)/t12-/m1/s1. The molecular formula is C14H28N2O2. The van der Waals surface area contributed by atoms with Crippen LogP contribution < -0.4 is 10.6 Å². The number of amides is 1. The lowest BCUT2D eigenvalue weighted by Gasteiger charge is -2.28. The molecule has 1 aliphatic rings. The molecule has 2 N–H and O–H groups in total. The summed E-state index contributed by atoms with van der Waals surface area (Å²) in [5.74, 6) is 0.841. The minimum atomic E-state index is 0.0914. The van der Waals surface area contributed by atoms with Gasteiger partial charge in [-0.3, -0.25) is 4.79 Å². The summed E-state index contributed by atoms with van der Waals surface area (Å²) >= 11 is 0. The molecule has 0 aromatic rings. The van der Waals surface area contributed by atoms with Crippen LogP contribution in [0.15, 0.2) is 0 Å². The van der Waals surface area contributed by atoms with Gasteiger partial charge in [0.2, 0.25) is 5.91 Å². The third-order valence-corrected chi connectivity index (χ3v) is 3.79. The molecule has 0 unspecified atom stereocenters. The molecule has 18 heavy (non-hydrogen) atoms. The molecule has 0 aromatic heterocycles. The smallest absolute Gasteiger partial charge is 0.233 e. The highest BCUT2D eigenvalue weighted by molar-refractivity contribution is 5.77. The van der Waals surface area contributed by atoms with Crippen molar-refractivity contribution in [3.8, 4) is 0 Å². The largest absolute Gasteiger partial charge is 0.385 e. The number of carbonyl (C=O) groups is 1. The highest BCUT2D eigenvalue weighted by Crippen LogP contribution is 2.26. The van der Waals surface area contributed by atoms with Gasteiger partial charge < -0.3 is 15.4 Å².